The molecule has 0 N–H and O–H groups in total. The monoisotopic (exact) mass is 590 g/mol. The Balaban J connectivity index is 1.51. The van der Waals surface area contributed by atoms with Gasteiger partial charge in [-0.1, -0.05) is 47.6 Å². The van der Waals surface area contributed by atoms with Crippen LogP contribution in [0.25, 0.3) is 21.8 Å². The number of hydrogen-bond donors (Lipinski definition) is 0. The van der Waals surface area contributed by atoms with Crippen molar-refractivity contribution in [1.82, 2.24) is 4.57 Å². The van der Waals surface area contributed by atoms with Crippen molar-refractivity contribution < 1.29 is 19.2 Å². The largest absolute Gasteiger partial charge is 0.341 e. The Bertz CT molecular complexity index is 1900. The zero-order chi connectivity index (χ0) is 30.7. The van der Waals surface area contributed by atoms with E-state index in [9.17, 15) is 14.4 Å². The van der Waals surface area contributed by atoms with Crippen LogP contribution in [0.15, 0.2) is 88.9 Å². The highest BCUT2D eigenvalue weighted by Crippen LogP contribution is 2.32. The number of benzene rings is 4. The summed E-state index contributed by atoms with van der Waals surface area (Å²) in [5.74, 6) is -0.323. The molecular formula is C36H34N2O4S. The first-order chi connectivity index (χ1) is 20.7. The molecule has 0 amide bonds. The van der Waals surface area contributed by atoms with E-state index in [-0.39, 0.29) is 17.3 Å². The van der Waals surface area contributed by atoms with Crippen molar-refractivity contribution in [3.63, 3.8) is 0 Å². The lowest BCUT2D eigenvalue weighted by Gasteiger charge is -2.10. The summed E-state index contributed by atoms with van der Waals surface area (Å²) in [6.45, 7) is 10.1. The van der Waals surface area contributed by atoms with Crippen molar-refractivity contribution in [1.29, 1.82) is 0 Å². The number of oxime groups is 1. The molecule has 0 fully saturated rings. The Morgan fingerprint density at radius 3 is 2.02 bits per heavy atom. The van der Waals surface area contributed by atoms with Gasteiger partial charge in [0.25, 0.3) is 0 Å². The van der Waals surface area contributed by atoms with Crippen molar-refractivity contribution >= 4 is 56.8 Å². The van der Waals surface area contributed by atoms with Crippen LogP contribution >= 0.6 is 11.8 Å². The summed E-state index contributed by atoms with van der Waals surface area (Å²) >= 11 is 1.65. The van der Waals surface area contributed by atoms with E-state index in [1.807, 2.05) is 67.6 Å². The van der Waals surface area contributed by atoms with Crippen molar-refractivity contribution in [3.8, 4) is 0 Å². The predicted molar refractivity (Wildman–Crippen MR) is 175 cm³/mol. The molecular weight excluding hydrogens is 556 g/mol. The quantitative estimate of drug-likeness (QED) is 0.0538. The average Bonchev–Trinajstić information content (AvgIpc) is 3.31. The van der Waals surface area contributed by atoms with Gasteiger partial charge in [-0.2, -0.15) is 0 Å². The summed E-state index contributed by atoms with van der Waals surface area (Å²) in [6.07, 6.45) is 0.328. The predicted octanol–water partition coefficient (Wildman–Crippen LogP) is 8.25. The van der Waals surface area contributed by atoms with Crippen LogP contribution in [0.1, 0.15) is 63.2 Å². The van der Waals surface area contributed by atoms with Crippen LogP contribution < -0.4 is 0 Å². The van der Waals surface area contributed by atoms with Crippen LogP contribution in [0, 0.1) is 20.8 Å². The van der Waals surface area contributed by atoms with Gasteiger partial charge in [-0.3, -0.25) is 9.59 Å². The lowest BCUT2D eigenvalue weighted by Crippen LogP contribution is -2.17. The molecule has 0 aliphatic heterocycles. The number of fused-ring (bicyclic) bond motifs is 3. The second-order valence-electron chi connectivity index (χ2n) is 10.6. The molecule has 218 valence electrons. The maximum Gasteiger partial charge on any atom is 0.331 e. The first-order valence-electron chi connectivity index (χ1n) is 14.3. The Morgan fingerprint density at radius 2 is 1.40 bits per heavy atom. The van der Waals surface area contributed by atoms with E-state index in [1.165, 1.54) is 22.9 Å². The number of thioether (sulfide) groups is 1. The Labute approximate surface area is 255 Å². The molecule has 1 heterocycles. The number of carbonyl (C=O) groups is 3. The third-order valence-electron chi connectivity index (χ3n) is 7.64. The molecule has 1 aromatic heterocycles. The van der Waals surface area contributed by atoms with Crippen molar-refractivity contribution in [2.24, 2.45) is 5.16 Å². The number of hydrogen-bond acceptors (Lipinski definition) is 6. The van der Waals surface area contributed by atoms with E-state index in [2.05, 4.69) is 42.6 Å². The topological polar surface area (TPSA) is 77.7 Å². The highest BCUT2D eigenvalue weighted by atomic mass is 32.2. The fourth-order valence-corrected chi connectivity index (χ4v) is 6.56. The van der Waals surface area contributed by atoms with Gasteiger partial charge in [-0.25, -0.2) is 4.79 Å². The maximum atomic E-state index is 13.8. The average molecular weight is 591 g/mol. The number of aryl methyl sites for hydroxylation is 4. The van der Waals surface area contributed by atoms with Gasteiger partial charge < -0.3 is 9.40 Å². The summed E-state index contributed by atoms with van der Waals surface area (Å²) in [6, 6.07) is 25.1. The van der Waals surface area contributed by atoms with Gasteiger partial charge >= 0.3 is 5.97 Å². The molecule has 0 saturated carbocycles. The molecule has 5 aromatic rings. The fourth-order valence-electron chi connectivity index (χ4n) is 5.47. The molecule has 5 rings (SSSR count). The molecule has 0 bridgehead atoms. The third kappa shape index (κ3) is 6.18. The van der Waals surface area contributed by atoms with Gasteiger partial charge in [0.15, 0.2) is 5.78 Å². The van der Waals surface area contributed by atoms with E-state index in [1.54, 1.807) is 17.8 Å². The Kier molecular flexibility index (Phi) is 8.92. The number of rotatable bonds is 10. The van der Waals surface area contributed by atoms with E-state index >= 15 is 0 Å². The number of nitrogens with zero attached hydrogens (tertiary/aromatic N) is 2. The zero-order valence-electron chi connectivity index (χ0n) is 25.1. The van der Waals surface area contributed by atoms with E-state index in [4.69, 9.17) is 4.84 Å². The minimum Gasteiger partial charge on any atom is -0.341 e. The highest BCUT2D eigenvalue weighted by molar-refractivity contribution is 7.99. The van der Waals surface area contributed by atoms with Crippen molar-refractivity contribution in [2.75, 3.05) is 5.75 Å². The Morgan fingerprint density at radius 1 is 0.791 bits per heavy atom. The molecule has 7 heteroatoms. The minimum absolute atomic E-state index is 0.0400. The maximum absolute atomic E-state index is 13.8. The second-order valence-corrected chi connectivity index (χ2v) is 11.7. The summed E-state index contributed by atoms with van der Waals surface area (Å²) < 4.78 is 2.18. The molecule has 43 heavy (non-hydrogen) atoms. The molecule has 0 aliphatic carbocycles. The van der Waals surface area contributed by atoms with Crippen LogP contribution in [-0.4, -0.2) is 33.6 Å². The number of Topliss-reactive ketones (excluding diaryl/α,β-unsaturated/α-hetero) is 1. The third-order valence-corrected chi connectivity index (χ3v) is 8.98. The van der Waals surface area contributed by atoms with Gasteiger partial charge in [-0.05, 0) is 80.8 Å². The van der Waals surface area contributed by atoms with Crippen LogP contribution in [0.3, 0.4) is 0 Å². The van der Waals surface area contributed by atoms with Crippen LogP contribution in [0.4, 0.5) is 0 Å². The number of aromatic nitrogens is 1. The normalized spacial score (nSPS) is 11.7. The van der Waals surface area contributed by atoms with E-state index in [0.717, 1.165) is 33.9 Å². The molecule has 4 aromatic carbocycles. The summed E-state index contributed by atoms with van der Waals surface area (Å²) in [5.41, 5.74) is 7.12. The smallest absolute Gasteiger partial charge is 0.331 e. The van der Waals surface area contributed by atoms with Crippen LogP contribution in [-0.2, 0) is 16.2 Å². The van der Waals surface area contributed by atoms with E-state index < -0.39 is 5.97 Å². The number of ketones is 2. The molecule has 0 saturated heterocycles. The van der Waals surface area contributed by atoms with Gasteiger partial charge in [0.1, 0.15) is 5.71 Å². The van der Waals surface area contributed by atoms with Crippen LogP contribution in [0.2, 0.25) is 0 Å². The SMILES string of the molecule is CCn1c2ccc(C(=O)/C(CCSc3c(C)cccc3C)=N\OC(C)=O)cc2c2cc(C(=O)c3ccccc3C)ccc21. The molecule has 0 spiro atoms. The van der Waals surface area contributed by atoms with Gasteiger partial charge in [-0.15, -0.1) is 11.8 Å². The van der Waals surface area contributed by atoms with Crippen LogP contribution in [0.5, 0.6) is 0 Å². The first kappa shape index (κ1) is 30.0. The minimum atomic E-state index is -0.583. The van der Waals surface area contributed by atoms with Crippen molar-refractivity contribution in [2.45, 2.75) is 52.5 Å². The summed E-state index contributed by atoms with van der Waals surface area (Å²) in [7, 11) is 0. The van der Waals surface area contributed by atoms with E-state index in [0.29, 0.717) is 28.9 Å². The molecule has 0 atom stereocenters. The molecule has 0 radical (unpaired) electrons. The fraction of sp³-hybridized carbons (Fsp3) is 0.222. The standard InChI is InChI=1S/C36H34N2O4S/c1-6-38-32-16-14-26(34(40)28-13-8-7-10-22(28)2)20-29(32)30-21-27(15-17-33(30)38)35(41)31(37-42-25(5)39)18-19-43-36-23(3)11-9-12-24(36)4/h7-17,20-21H,6,18-19H2,1-5H3/b37-31-. The highest BCUT2D eigenvalue weighted by Gasteiger charge is 2.20. The lowest BCUT2D eigenvalue weighted by molar-refractivity contribution is -0.140. The summed E-state index contributed by atoms with van der Waals surface area (Å²) in [4.78, 5) is 44.9. The summed E-state index contributed by atoms with van der Waals surface area (Å²) in [5, 5.41) is 5.74. The first-order valence-corrected chi connectivity index (χ1v) is 15.3. The molecule has 6 nitrogen and oxygen atoms in total. The zero-order valence-corrected chi connectivity index (χ0v) is 25.9. The van der Waals surface area contributed by atoms with Gasteiger partial charge in [0.05, 0.1) is 0 Å². The van der Waals surface area contributed by atoms with Crippen molar-refractivity contribution in [3.05, 3.63) is 112 Å². The number of carbonyl (C=O) groups excluding carboxylic acids is 3. The molecule has 0 unspecified atom stereocenters. The van der Waals surface area contributed by atoms with Gasteiger partial charge in [0.2, 0.25) is 5.78 Å². The lowest BCUT2D eigenvalue weighted by atomic mass is 9.97. The van der Waals surface area contributed by atoms with Gasteiger partial charge in [0, 0.05) is 69.0 Å². The Hall–Kier alpha value is -4.49. The molecule has 0 aliphatic rings. The second kappa shape index (κ2) is 12.8.